The number of benzene rings is 2. The van der Waals surface area contributed by atoms with Gasteiger partial charge in [-0.2, -0.15) is 0 Å². The molecule has 4 rings (SSSR count). The van der Waals surface area contributed by atoms with Crippen LogP contribution in [0.2, 0.25) is 0 Å². The Morgan fingerprint density at radius 2 is 1.64 bits per heavy atom. The summed E-state index contributed by atoms with van der Waals surface area (Å²) in [5, 5.41) is 1.86. The van der Waals surface area contributed by atoms with Crippen LogP contribution in [0.15, 0.2) is 42.5 Å². The Kier molecular flexibility index (Phi) is 4.66. The molecule has 2 aliphatic heterocycles. The van der Waals surface area contributed by atoms with Gasteiger partial charge in [0.15, 0.2) is 0 Å². The summed E-state index contributed by atoms with van der Waals surface area (Å²) >= 11 is 0. The van der Waals surface area contributed by atoms with E-state index in [2.05, 4.69) is 12.5 Å². The minimum atomic E-state index is -0.524. The summed E-state index contributed by atoms with van der Waals surface area (Å²) in [6, 6.07) is 9.59. The van der Waals surface area contributed by atoms with Crippen LogP contribution in [-0.4, -0.2) is 56.0 Å². The van der Waals surface area contributed by atoms with Crippen LogP contribution in [0, 0.1) is 5.82 Å². The molecule has 0 radical (unpaired) electrons. The molecular formula is C20H20FN4O3+. The molecule has 1 saturated heterocycles. The summed E-state index contributed by atoms with van der Waals surface area (Å²) in [6.07, 6.45) is 0. The minimum absolute atomic E-state index is 0.171. The summed E-state index contributed by atoms with van der Waals surface area (Å²) in [5.74, 6) is -1.78. The van der Waals surface area contributed by atoms with E-state index in [4.69, 9.17) is 0 Å². The number of quaternary nitrogens is 1. The number of imide groups is 1. The number of carbonyl (C=O) groups excluding carboxylic acids is 3. The number of nitrogens with zero attached hydrogens (tertiary/aromatic N) is 2. The standard InChI is InChI=1S/C20H19FN4O3/c1-23-8-10-24(11-9-23)22-18(26)13-2-7-16-17(12-13)20(28)25(19(16)27)15-5-3-14(21)4-6-15/h2-7,12H,8-11H2,1H3,(H,22,26)/p+1. The van der Waals surface area contributed by atoms with Crippen LogP contribution < -0.4 is 15.2 Å². The van der Waals surface area contributed by atoms with Gasteiger partial charge in [0.1, 0.15) is 5.82 Å². The number of hydrogen-bond donors (Lipinski definition) is 2. The van der Waals surface area contributed by atoms with Gasteiger partial charge in [-0.05, 0) is 42.5 Å². The smallest absolute Gasteiger partial charge is 0.266 e. The number of amides is 3. The fraction of sp³-hybridized carbons (Fsp3) is 0.250. The average molecular weight is 383 g/mol. The number of carbonyl (C=O) groups is 3. The second-order valence-electron chi connectivity index (χ2n) is 7.07. The number of fused-ring (bicyclic) bond motifs is 1. The molecule has 0 atom stereocenters. The van der Waals surface area contributed by atoms with Gasteiger partial charge in [0, 0.05) is 5.56 Å². The van der Waals surface area contributed by atoms with Gasteiger partial charge < -0.3 is 4.90 Å². The second kappa shape index (κ2) is 7.14. The Hall–Kier alpha value is -3.10. The number of halogens is 1. The number of hydrazine groups is 1. The van der Waals surface area contributed by atoms with Gasteiger partial charge in [-0.25, -0.2) is 14.3 Å². The zero-order chi connectivity index (χ0) is 19.8. The van der Waals surface area contributed by atoms with E-state index in [1.807, 2.05) is 5.01 Å². The lowest BCUT2D eigenvalue weighted by Crippen LogP contribution is -3.12. The molecule has 0 spiro atoms. The molecule has 0 bridgehead atoms. The van der Waals surface area contributed by atoms with Gasteiger partial charge >= 0.3 is 0 Å². The third kappa shape index (κ3) is 3.28. The van der Waals surface area contributed by atoms with Crippen LogP contribution in [0.1, 0.15) is 31.1 Å². The molecule has 0 aromatic heterocycles. The molecule has 1 fully saturated rings. The first-order chi connectivity index (χ1) is 13.4. The SMILES string of the molecule is C[NH+]1CCN(NC(=O)c2ccc3c(c2)C(=O)N(c2ccc(F)cc2)C3=O)CC1. The lowest BCUT2D eigenvalue weighted by atomic mass is 10.1. The van der Waals surface area contributed by atoms with Crippen molar-refractivity contribution in [3.8, 4) is 0 Å². The van der Waals surface area contributed by atoms with Crippen LogP contribution in [0.5, 0.6) is 0 Å². The molecule has 28 heavy (non-hydrogen) atoms. The van der Waals surface area contributed by atoms with E-state index in [9.17, 15) is 18.8 Å². The number of piperazine rings is 1. The molecule has 8 heteroatoms. The van der Waals surface area contributed by atoms with Crippen molar-refractivity contribution in [2.75, 3.05) is 38.1 Å². The maximum Gasteiger partial charge on any atom is 0.266 e. The summed E-state index contributed by atoms with van der Waals surface area (Å²) in [5.41, 5.74) is 3.86. The third-order valence-corrected chi connectivity index (χ3v) is 5.11. The van der Waals surface area contributed by atoms with Crippen LogP contribution in [-0.2, 0) is 0 Å². The van der Waals surface area contributed by atoms with E-state index >= 15 is 0 Å². The molecule has 2 aromatic carbocycles. The fourth-order valence-corrected chi connectivity index (χ4v) is 3.42. The minimum Gasteiger partial charge on any atom is -0.335 e. The Morgan fingerprint density at radius 3 is 2.32 bits per heavy atom. The lowest BCUT2D eigenvalue weighted by Gasteiger charge is -2.30. The van der Waals surface area contributed by atoms with Crippen molar-refractivity contribution >= 4 is 23.4 Å². The Balaban J connectivity index is 1.55. The molecule has 3 amide bonds. The molecule has 7 nitrogen and oxygen atoms in total. The van der Waals surface area contributed by atoms with Gasteiger partial charge in [0.25, 0.3) is 17.7 Å². The predicted molar refractivity (Wildman–Crippen MR) is 99.6 cm³/mol. The van der Waals surface area contributed by atoms with Gasteiger partial charge in [0.2, 0.25) is 0 Å². The zero-order valence-electron chi connectivity index (χ0n) is 15.4. The van der Waals surface area contributed by atoms with Crippen molar-refractivity contribution in [3.63, 3.8) is 0 Å². The predicted octanol–water partition coefficient (Wildman–Crippen LogP) is 0.101. The van der Waals surface area contributed by atoms with Crippen molar-refractivity contribution in [1.82, 2.24) is 10.4 Å². The molecular weight excluding hydrogens is 363 g/mol. The molecule has 0 saturated carbocycles. The Bertz CT molecular complexity index is 952. The lowest BCUT2D eigenvalue weighted by molar-refractivity contribution is -0.884. The van der Waals surface area contributed by atoms with Gasteiger partial charge in [-0.1, -0.05) is 0 Å². The molecule has 0 aliphatic carbocycles. The van der Waals surface area contributed by atoms with E-state index in [1.165, 1.54) is 47.4 Å². The zero-order valence-corrected chi connectivity index (χ0v) is 15.4. The normalized spacial score (nSPS) is 17.7. The monoisotopic (exact) mass is 383 g/mol. The van der Waals surface area contributed by atoms with E-state index in [0.29, 0.717) is 11.3 Å². The van der Waals surface area contributed by atoms with Crippen LogP contribution in [0.25, 0.3) is 0 Å². The Labute approximate surface area is 161 Å². The number of hydrogen-bond acceptors (Lipinski definition) is 4. The molecule has 0 unspecified atom stereocenters. The fourth-order valence-electron chi connectivity index (χ4n) is 3.42. The summed E-state index contributed by atoms with van der Waals surface area (Å²) in [7, 11) is 2.11. The topological polar surface area (TPSA) is 74.2 Å². The summed E-state index contributed by atoms with van der Waals surface area (Å²) in [6.45, 7) is 3.37. The molecule has 2 heterocycles. The van der Waals surface area contributed by atoms with E-state index in [1.54, 1.807) is 0 Å². The first-order valence-corrected chi connectivity index (χ1v) is 9.09. The second-order valence-corrected chi connectivity index (χ2v) is 7.07. The highest BCUT2D eigenvalue weighted by Gasteiger charge is 2.37. The first kappa shape index (κ1) is 18.3. The third-order valence-electron chi connectivity index (χ3n) is 5.11. The van der Waals surface area contributed by atoms with E-state index in [0.717, 1.165) is 31.1 Å². The number of nitrogens with one attached hydrogen (secondary N) is 2. The summed E-state index contributed by atoms with van der Waals surface area (Å²) < 4.78 is 13.1. The van der Waals surface area contributed by atoms with Crippen molar-refractivity contribution in [2.45, 2.75) is 0 Å². The average Bonchev–Trinajstić information content (AvgIpc) is 2.94. The van der Waals surface area contributed by atoms with E-state index < -0.39 is 17.6 Å². The maximum atomic E-state index is 13.1. The van der Waals surface area contributed by atoms with Gasteiger partial charge in [-0.15, -0.1) is 0 Å². The van der Waals surface area contributed by atoms with Crippen LogP contribution >= 0.6 is 0 Å². The van der Waals surface area contributed by atoms with Crippen LogP contribution in [0.3, 0.4) is 0 Å². The quantitative estimate of drug-likeness (QED) is 0.738. The number of likely N-dealkylation sites (N-methyl/N-ethyl adjacent to an activating group) is 1. The number of anilines is 1. The molecule has 2 N–H and O–H groups in total. The summed E-state index contributed by atoms with van der Waals surface area (Å²) in [4.78, 5) is 40.3. The Morgan fingerprint density at radius 1 is 1.00 bits per heavy atom. The van der Waals surface area contributed by atoms with Crippen LogP contribution in [0.4, 0.5) is 10.1 Å². The molecule has 2 aromatic rings. The largest absolute Gasteiger partial charge is 0.335 e. The highest BCUT2D eigenvalue weighted by Crippen LogP contribution is 2.29. The van der Waals surface area contributed by atoms with Crippen molar-refractivity contribution in [1.29, 1.82) is 0 Å². The van der Waals surface area contributed by atoms with Crippen molar-refractivity contribution in [2.24, 2.45) is 0 Å². The van der Waals surface area contributed by atoms with Gasteiger partial charge in [-0.3, -0.25) is 19.8 Å². The molecule has 144 valence electrons. The maximum absolute atomic E-state index is 13.1. The number of rotatable bonds is 3. The van der Waals surface area contributed by atoms with Crippen molar-refractivity contribution < 1.29 is 23.7 Å². The highest BCUT2D eigenvalue weighted by molar-refractivity contribution is 6.34. The highest BCUT2D eigenvalue weighted by atomic mass is 19.1. The van der Waals surface area contributed by atoms with E-state index in [-0.39, 0.29) is 17.0 Å². The first-order valence-electron chi connectivity index (χ1n) is 9.09. The van der Waals surface area contributed by atoms with Gasteiger partial charge in [0.05, 0.1) is 50.0 Å². The van der Waals surface area contributed by atoms with Crippen molar-refractivity contribution in [3.05, 3.63) is 65.0 Å². The molecule has 2 aliphatic rings.